The molecular weight excluding hydrogens is 280 g/mol. The number of carbonyl (C=O) groups is 2. The molecule has 0 aliphatic rings. The molecule has 110 valence electrons. The number of carbonyl (C=O) groups excluding carboxylic acids is 2. The smallest absolute Gasteiger partial charge is 0.305 e. The molecule has 0 aliphatic carbocycles. The Morgan fingerprint density at radius 2 is 1.95 bits per heavy atom. The van der Waals surface area contributed by atoms with E-state index in [0.29, 0.717) is 22.8 Å². The van der Waals surface area contributed by atoms with Crippen molar-refractivity contribution in [3.05, 3.63) is 28.8 Å². The van der Waals surface area contributed by atoms with Gasteiger partial charge >= 0.3 is 5.97 Å². The van der Waals surface area contributed by atoms with Crippen LogP contribution in [0.5, 0.6) is 5.75 Å². The Balaban J connectivity index is 2.75. The van der Waals surface area contributed by atoms with Gasteiger partial charge in [-0.2, -0.15) is 0 Å². The Morgan fingerprint density at radius 3 is 2.55 bits per heavy atom. The largest absolute Gasteiger partial charge is 0.490 e. The fraction of sp³-hybridized carbons (Fsp3) is 0.467. The normalized spacial score (nSPS) is 10.4. The topological polar surface area (TPSA) is 52.6 Å². The van der Waals surface area contributed by atoms with Crippen molar-refractivity contribution >= 4 is 23.4 Å². The van der Waals surface area contributed by atoms with Crippen molar-refractivity contribution in [2.45, 2.75) is 39.2 Å². The van der Waals surface area contributed by atoms with Crippen LogP contribution < -0.4 is 4.74 Å². The second kappa shape index (κ2) is 7.90. The lowest BCUT2D eigenvalue weighted by molar-refractivity contribution is -0.140. The van der Waals surface area contributed by atoms with Crippen LogP contribution in [-0.4, -0.2) is 25.0 Å². The molecule has 0 heterocycles. The molecular formula is C15H19ClO4. The monoisotopic (exact) mass is 298 g/mol. The third kappa shape index (κ3) is 5.21. The van der Waals surface area contributed by atoms with Gasteiger partial charge in [0.25, 0.3) is 0 Å². The fourth-order valence-electron chi connectivity index (χ4n) is 1.71. The number of ketones is 1. The molecule has 0 saturated heterocycles. The molecule has 0 saturated carbocycles. The summed E-state index contributed by atoms with van der Waals surface area (Å²) in [5.41, 5.74) is 0.455. The minimum Gasteiger partial charge on any atom is -0.490 e. The molecule has 1 rings (SSSR count). The maximum Gasteiger partial charge on any atom is 0.305 e. The number of methoxy groups -OCH3 is 1. The van der Waals surface area contributed by atoms with E-state index in [-0.39, 0.29) is 30.7 Å². The van der Waals surface area contributed by atoms with Crippen molar-refractivity contribution < 1.29 is 19.1 Å². The molecule has 5 heteroatoms. The van der Waals surface area contributed by atoms with Gasteiger partial charge in [-0.3, -0.25) is 9.59 Å². The lowest BCUT2D eigenvalue weighted by Gasteiger charge is -2.14. The van der Waals surface area contributed by atoms with Crippen LogP contribution in [0.4, 0.5) is 0 Å². The first-order valence-electron chi connectivity index (χ1n) is 6.50. The Kier molecular flexibility index (Phi) is 6.52. The molecule has 0 bridgehead atoms. The first-order valence-corrected chi connectivity index (χ1v) is 6.88. The van der Waals surface area contributed by atoms with E-state index in [2.05, 4.69) is 4.74 Å². The Hall–Kier alpha value is -1.55. The standard InChI is InChI=1S/C15H19ClO4/c1-10(2)20-14-8-7-11(16)9-12(14)13(17)5-4-6-15(18)19-3/h7-10H,4-6H2,1-3H3. The highest BCUT2D eigenvalue weighted by atomic mass is 35.5. The quantitative estimate of drug-likeness (QED) is 0.569. The first-order chi connectivity index (χ1) is 9.43. The van der Waals surface area contributed by atoms with Gasteiger partial charge in [-0.25, -0.2) is 0 Å². The van der Waals surface area contributed by atoms with E-state index < -0.39 is 0 Å². The predicted molar refractivity (Wildman–Crippen MR) is 77.4 cm³/mol. The summed E-state index contributed by atoms with van der Waals surface area (Å²) in [5.74, 6) is 0.113. The van der Waals surface area contributed by atoms with Gasteiger partial charge in [0.05, 0.1) is 18.8 Å². The van der Waals surface area contributed by atoms with E-state index in [4.69, 9.17) is 16.3 Å². The molecule has 0 fully saturated rings. The summed E-state index contributed by atoms with van der Waals surface area (Å²) in [4.78, 5) is 23.2. The van der Waals surface area contributed by atoms with Gasteiger partial charge in [-0.15, -0.1) is 0 Å². The molecule has 20 heavy (non-hydrogen) atoms. The SMILES string of the molecule is COC(=O)CCCC(=O)c1cc(Cl)ccc1OC(C)C. The number of hydrogen-bond acceptors (Lipinski definition) is 4. The maximum atomic E-state index is 12.2. The van der Waals surface area contributed by atoms with Crippen LogP contribution in [0.2, 0.25) is 5.02 Å². The van der Waals surface area contributed by atoms with Gasteiger partial charge in [-0.05, 0) is 38.5 Å². The summed E-state index contributed by atoms with van der Waals surface area (Å²) < 4.78 is 10.1. The molecule has 0 N–H and O–H groups in total. The zero-order chi connectivity index (χ0) is 15.1. The lowest BCUT2D eigenvalue weighted by atomic mass is 10.0. The number of halogens is 1. The highest BCUT2D eigenvalue weighted by Gasteiger charge is 2.15. The summed E-state index contributed by atoms with van der Waals surface area (Å²) in [6, 6.07) is 4.97. The maximum absolute atomic E-state index is 12.2. The van der Waals surface area contributed by atoms with E-state index in [1.807, 2.05) is 13.8 Å². The van der Waals surface area contributed by atoms with E-state index in [1.165, 1.54) is 7.11 Å². The van der Waals surface area contributed by atoms with Crippen LogP contribution in [-0.2, 0) is 9.53 Å². The second-order valence-corrected chi connectivity index (χ2v) is 5.10. The van der Waals surface area contributed by atoms with Crippen molar-refractivity contribution in [3.63, 3.8) is 0 Å². The van der Waals surface area contributed by atoms with Gasteiger partial charge in [0, 0.05) is 17.9 Å². The van der Waals surface area contributed by atoms with Crippen LogP contribution in [0.3, 0.4) is 0 Å². The third-order valence-electron chi connectivity index (χ3n) is 2.62. The molecule has 0 unspecified atom stereocenters. The van der Waals surface area contributed by atoms with Crippen LogP contribution in [0.15, 0.2) is 18.2 Å². The highest BCUT2D eigenvalue weighted by Crippen LogP contribution is 2.25. The Morgan fingerprint density at radius 1 is 1.25 bits per heavy atom. The fourth-order valence-corrected chi connectivity index (χ4v) is 1.88. The van der Waals surface area contributed by atoms with E-state index in [1.54, 1.807) is 18.2 Å². The minimum absolute atomic E-state index is 0.0298. The molecule has 1 aromatic rings. The molecule has 0 spiro atoms. The Bertz CT molecular complexity index is 483. The first kappa shape index (κ1) is 16.5. The summed E-state index contributed by atoms with van der Waals surface area (Å²) in [6.07, 6.45) is 0.893. The number of esters is 1. The summed E-state index contributed by atoms with van der Waals surface area (Å²) in [7, 11) is 1.33. The highest BCUT2D eigenvalue weighted by molar-refractivity contribution is 6.31. The molecule has 0 radical (unpaired) electrons. The van der Waals surface area contributed by atoms with Crippen LogP contribution in [0.1, 0.15) is 43.5 Å². The van der Waals surface area contributed by atoms with Crippen LogP contribution >= 0.6 is 11.6 Å². The lowest BCUT2D eigenvalue weighted by Crippen LogP contribution is -2.10. The van der Waals surface area contributed by atoms with Gasteiger partial charge in [0.2, 0.25) is 0 Å². The summed E-state index contributed by atoms with van der Waals surface area (Å²) in [6.45, 7) is 3.78. The molecule has 0 atom stereocenters. The molecule has 0 amide bonds. The summed E-state index contributed by atoms with van der Waals surface area (Å²) in [5, 5.41) is 0.484. The van der Waals surface area contributed by atoms with Gasteiger partial charge < -0.3 is 9.47 Å². The molecule has 4 nitrogen and oxygen atoms in total. The number of Topliss-reactive ketones (excluding diaryl/α,β-unsaturated/α-hetero) is 1. The van der Waals surface area contributed by atoms with E-state index in [9.17, 15) is 9.59 Å². The van der Waals surface area contributed by atoms with Crippen molar-refractivity contribution in [1.82, 2.24) is 0 Å². The average molecular weight is 299 g/mol. The third-order valence-corrected chi connectivity index (χ3v) is 2.85. The van der Waals surface area contributed by atoms with Gasteiger partial charge in [0.15, 0.2) is 5.78 Å². The average Bonchev–Trinajstić information content (AvgIpc) is 2.39. The summed E-state index contributed by atoms with van der Waals surface area (Å²) >= 11 is 5.92. The predicted octanol–water partition coefficient (Wildman–Crippen LogP) is 3.65. The van der Waals surface area contributed by atoms with E-state index in [0.717, 1.165) is 0 Å². The van der Waals surface area contributed by atoms with Crippen LogP contribution in [0, 0.1) is 0 Å². The van der Waals surface area contributed by atoms with Crippen molar-refractivity contribution in [2.75, 3.05) is 7.11 Å². The minimum atomic E-state index is -0.317. The molecule has 1 aromatic carbocycles. The number of rotatable bonds is 7. The van der Waals surface area contributed by atoms with Crippen molar-refractivity contribution in [3.8, 4) is 5.75 Å². The zero-order valence-corrected chi connectivity index (χ0v) is 12.7. The zero-order valence-electron chi connectivity index (χ0n) is 11.9. The van der Waals surface area contributed by atoms with Crippen LogP contribution in [0.25, 0.3) is 0 Å². The van der Waals surface area contributed by atoms with Gasteiger partial charge in [0.1, 0.15) is 5.75 Å². The number of ether oxygens (including phenoxy) is 2. The number of benzene rings is 1. The molecule has 0 aromatic heterocycles. The second-order valence-electron chi connectivity index (χ2n) is 4.66. The van der Waals surface area contributed by atoms with Crippen molar-refractivity contribution in [2.24, 2.45) is 0 Å². The Labute approximate surface area is 124 Å². The van der Waals surface area contributed by atoms with Crippen molar-refractivity contribution in [1.29, 1.82) is 0 Å². The van der Waals surface area contributed by atoms with Gasteiger partial charge in [-0.1, -0.05) is 11.6 Å². The number of hydrogen-bond donors (Lipinski definition) is 0. The van der Waals surface area contributed by atoms with E-state index >= 15 is 0 Å². The molecule has 0 aliphatic heterocycles.